The number of benzene rings is 3. The summed E-state index contributed by atoms with van der Waals surface area (Å²) in [4.78, 5) is 0.245. The highest BCUT2D eigenvalue weighted by Gasteiger charge is 2.26. The fraction of sp³-hybridized carbons (Fsp3) is 0.273. The van der Waals surface area contributed by atoms with Crippen LogP contribution in [0.15, 0.2) is 65.6 Å². The van der Waals surface area contributed by atoms with Gasteiger partial charge in [0.15, 0.2) is 0 Å². The van der Waals surface area contributed by atoms with Gasteiger partial charge in [0, 0.05) is 12.0 Å². The zero-order chi connectivity index (χ0) is 19.7. The Labute approximate surface area is 161 Å². The first-order valence-corrected chi connectivity index (χ1v) is 10.4. The number of nitrogens with one attached hydrogen (secondary N) is 1. The van der Waals surface area contributed by atoms with E-state index in [2.05, 4.69) is 42.8 Å². The maximum atomic E-state index is 12.8. The van der Waals surface area contributed by atoms with Crippen LogP contribution in [0, 0.1) is 6.92 Å². The lowest BCUT2D eigenvalue weighted by Crippen LogP contribution is -2.36. The lowest BCUT2D eigenvalue weighted by molar-refractivity contribution is 0.411. The minimum atomic E-state index is -3.61. The Morgan fingerprint density at radius 3 is 2.41 bits per heavy atom. The van der Waals surface area contributed by atoms with E-state index in [-0.39, 0.29) is 10.3 Å². The van der Waals surface area contributed by atoms with Gasteiger partial charge in [0.05, 0.1) is 12.0 Å². The van der Waals surface area contributed by atoms with Gasteiger partial charge in [-0.3, -0.25) is 0 Å². The number of hydrogen-bond acceptors (Lipinski definition) is 3. The smallest absolute Gasteiger partial charge is 0.240 e. The van der Waals surface area contributed by atoms with Gasteiger partial charge in [0.25, 0.3) is 0 Å². The Morgan fingerprint density at radius 2 is 1.70 bits per heavy atom. The SMILES string of the molecule is COc1ccc(S(=O)(=O)NCC(C)(C)c2cccc3ccccc23)cc1C. The topological polar surface area (TPSA) is 55.4 Å². The monoisotopic (exact) mass is 383 g/mol. The van der Waals surface area contributed by atoms with Crippen LogP contribution in [0.5, 0.6) is 5.75 Å². The second-order valence-electron chi connectivity index (χ2n) is 7.37. The van der Waals surface area contributed by atoms with Gasteiger partial charge >= 0.3 is 0 Å². The Morgan fingerprint density at radius 1 is 1.00 bits per heavy atom. The van der Waals surface area contributed by atoms with Crippen LogP contribution in [0.1, 0.15) is 25.0 Å². The van der Waals surface area contributed by atoms with Crippen LogP contribution in [0.3, 0.4) is 0 Å². The minimum Gasteiger partial charge on any atom is -0.496 e. The minimum absolute atomic E-state index is 0.245. The normalized spacial score (nSPS) is 12.3. The molecule has 0 amide bonds. The van der Waals surface area contributed by atoms with Crippen molar-refractivity contribution < 1.29 is 13.2 Å². The molecule has 27 heavy (non-hydrogen) atoms. The molecule has 0 spiro atoms. The van der Waals surface area contributed by atoms with Crippen molar-refractivity contribution in [2.75, 3.05) is 13.7 Å². The summed E-state index contributed by atoms with van der Waals surface area (Å²) < 4.78 is 33.5. The first-order chi connectivity index (χ1) is 12.7. The standard InChI is InChI=1S/C22H25NO3S/c1-16-14-18(12-13-21(16)26-4)27(24,25)23-15-22(2,3)20-11-7-9-17-8-5-6-10-19(17)20/h5-14,23H,15H2,1-4H3. The lowest BCUT2D eigenvalue weighted by atomic mass is 9.82. The van der Waals surface area contributed by atoms with Crippen molar-refractivity contribution in [2.24, 2.45) is 0 Å². The molecule has 0 aliphatic rings. The second-order valence-corrected chi connectivity index (χ2v) is 9.13. The summed E-state index contributed by atoms with van der Waals surface area (Å²) in [5, 5.41) is 2.29. The van der Waals surface area contributed by atoms with E-state index in [1.54, 1.807) is 25.3 Å². The highest BCUT2D eigenvalue weighted by molar-refractivity contribution is 7.89. The summed E-state index contributed by atoms with van der Waals surface area (Å²) in [5.41, 5.74) is 1.54. The average Bonchev–Trinajstić information content (AvgIpc) is 2.66. The molecule has 0 saturated carbocycles. The molecule has 0 heterocycles. The Balaban J connectivity index is 1.87. The third kappa shape index (κ3) is 3.99. The number of sulfonamides is 1. The Hall–Kier alpha value is -2.37. The number of rotatable bonds is 6. The Kier molecular flexibility index (Phi) is 5.27. The zero-order valence-electron chi connectivity index (χ0n) is 16.1. The quantitative estimate of drug-likeness (QED) is 0.686. The third-order valence-electron chi connectivity index (χ3n) is 4.90. The van der Waals surface area contributed by atoms with Crippen LogP contribution >= 0.6 is 0 Å². The van der Waals surface area contributed by atoms with Gasteiger partial charge in [-0.2, -0.15) is 0 Å². The van der Waals surface area contributed by atoms with Crippen LogP contribution in [0.25, 0.3) is 10.8 Å². The van der Waals surface area contributed by atoms with Crippen molar-refractivity contribution in [3.05, 3.63) is 71.8 Å². The molecule has 0 fully saturated rings. The Bertz CT molecular complexity index is 1070. The van der Waals surface area contributed by atoms with E-state index in [0.29, 0.717) is 12.3 Å². The molecule has 0 radical (unpaired) electrons. The molecule has 0 saturated heterocycles. The molecule has 3 aromatic rings. The molecule has 3 rings (SSSR count). The molecule has 5 heteroatoms. The van der Waals surface area contributed by atoms with Crippen LogP contribution in [-0.2, 0) is 15.4 Å². The van der Waals surface area contributed by atoms with Gasteiger partial charge in [0.1, 0.15) is 5.75 Å². The van der Waals surface area contributed by atoms with E-state index in [1.807, 2.05) is 25.1 Å². The number of hydrogen-bond donors (Lipinski definition) is 1. The van der Waals surface area contributed by atoms with Crippen molar-refractivity contribution >= 4 is 20.8 Å². The molecule has 0 bridgehead atoms. The van der Waals surface area contributed by atoms with Gasteiger partial charge in [-0.05, 0) is 47.0 Å². The van der Waals surface area contributed by atoms with E-state index in [9.17, 15) is 8.42 Å². The molecular formula is C22H25NO3S. The highest BCUT2D eigenvalue weighted by Crippen LogP contribution is 2.30. The van der Waals surface area contributed by atoms with E-state index in [0.717, 1.165) is 21.9 Å². The molecule has 3 aromatic carbocycles. The zero-order valence-corrected chi connectivity index (χ0v) is 16.9. The maximum absolute atomic E-state index is 12.8. The molecule has 0 atom stereocenters. The molecule has 4 nitrogen and oxygen atoms in total. The lowest BCUT2D eigenvalue weighted by Gasteiger charge is -2.27. The number of fused-ring (bicyclic) bond motifs is 1. The first kappa shape index (κ1) is 19.4. The molecular weight excluding hydrogens is 358 g/mol. The van der Waals surface area contributed by atoms with Crippen molar-refractivity contribution in [3.63, 3.8) is 0 Å². The van der Waals surface area contributed by atoms with Crippen molar-refractivity contribution in [2.45, 2.75) is 31.1 Å². The molecule has 1 N–H and O–H groups in total. The predicted molar refractivity (Wildman–Crippen MR) is 110 cm³/mol. The fourth-order valence-corrected chi connectivity index (χ4v) is 4.58. The summed E-state index contributed by atoms with van der Waals surface area (Å²) in [6.07, 6.45) is 0. The summed E-state index contributed by atoms with van der Waals surface area (Å²) in [5.74, 6) is 0.671. The van der Waals surface area contributed by atoms with Crippen molar-refractivity contribution in [1.29, 1.82) is 0 Å². The molecule has 0 aromatic heterocycles. The number of ether oxygens (including phenoxy) is 1. The van der Waals surface area contributed by atoms with Gasteiger partial charge < -0.3 is 4.74 Å². The van der Waals surface area contributed by atoms with Crippen LogP contribution in [0.2, 0.25) is 0 Å². The third-order valence-corrected chi connectivity index (χ3v) is 6.30. The van der Waals surface area contributed by atoms with Crippen LogP contribution < -0.4 is 9.46 Å². The van der Waals surface area contributed by atoms with E-state index in [4.69, 9.17) is 4.74 Å². The first-order valence-electron chi connectivity index (χ1n) is 8.87. The van der Waals surface area contributed by atoms with E-state index >= 15 is 0 Å². The average molecular weight is 384 g/mol. The van der Waals surface area contributed by atoms with Gasteiger partial charge in [-0.1, -0.05) is 56.3 Å². The summed E-state index contributed by atoms with van der Waals surface area (Å²) in [6.45, 7) is 6.24. The van der Waals surface area contributed by atoms with Crippen molar-refractivity contribution in [3.8, 4) is 5.75 Å². The van der Waals surface area contributed by atoms with Gasteiger partial charge in [-0.15, -0.1) is 0 Å². The molecule has 0 aliphatic heterocycles. The second kappa shape index (κ2) is 7.33. The highest BCUT2D eigenvalue weighted by atomic mass is 32.2. The summed E-state index contributed by atoms with van der Waals surface area (Å²) in [6, 6.07) is 19.2. The number of methoxy groups -OCH3 is 1. The fourth-order valence-electron chi connectivity index (χ4n) is 3.29. The largest absolute Gasteiger partial charge is 0.496 e. The van der Waals surface area contributed by atoms with Crippen molar-refractivity contribution in [1.82, 2.24) is 4.72 Å². The predicted octanol–water partition coefficient (Wildman–Crippen LogP) is 4.41. The van der Waals surface area contributed by atoms with Crippen LogP contribution in [-0.4, -0.2) is 22.1 Å². The maximum Gasteiger partial charge on any atom is 0.240 e. The molecule has 142 valence electrons. The summed E-state index contributed by atoms with van der Waals surface area (Å²) in [7, 11) is -2.04. The van der Waals surface area contributed by atoms with Crippen LogP contribution in [0.4, 0.5) is 0 Å². The number of aryl methyl sites for hydroxylation is 1. The summed E-state index contributed by atoms with van der Waals surface area (Å²) >= 11 is 0. The molecule has 0 unspecified atom stereocenters. The van der Waals surface area contributed by atoms with Gasteiger partial charge in [-0.25, -0.2) is 13.1 Å². The van der Waals surface area contributed by atoms with E-state index < -0.39 is 10.0 Å². The molecule has 0 aliphatic carbocycles. The van der Waals surface area contributed by atoms with E-state index in [1.165, 1.54) is 0 Å². The van der Waals surface area contributed by atoms with Gasteiger partial charge in [0.2, 0.25) is 10.0 Å².